The molecule has 0 saturated carbocycles. The Balaban J connectivity index is 1.32. The summed E-state index contributed by atoms with van der Waals surface area (Å²) in [6.07, 6.45) is 4.07. The van der Waals surface area contributed by atoms with Crippen LogP contribution in [0.3, 0.4) is 0 Å². The lowest BCUT2D eigenvalue weighted by Crippen LogP contribution is -2.24. The number of nitrogens with zero attached hydrogens (tertiary/aromatic N) is 2. The Morgan fingerprint density at radius 2 is 1.77 bits per heavy atom. The van der Waals surface area contributed by atoms with E-state index in [0.29, 0.717) is 18.8 Å². The van der Waals surface area contributed by atoms with Crippen LogP contribution in [0.1, 0.15) is 43.4 Å². The molecule has 2 atom stereocenters. The van der Waals surface area contributed by atoms with E-state index in [1.54, 1.807) is 0 Å². The first-order chi connectivity index (χ1) is 12.8. The van der Waals surface area contributed by atoms with Gasteiger partial charge in [-0.1, -0.05) is 49.4 Å². The van der Waals surface area contributed by atoms with Gasteiger partial charge in [-0.15, -0.1) is 0 Å². The summed E-state index contributed by atoms with van der Waals surface area (Å²) in [5.41, 5.74) is 4.07. The molecular weight excluding hydrogens is 320 g/mol. The molecule has 138 valence electrons. The molecule has 0 amide bonds. The summed E-state index contributed by atoms with van der Waals surface area (Å²) >= 11 is 0. The first-order valence-electron chi connectivity index (χ1n) is 10.1. The Morgan fingerprint density at radius 1 is 0.962 bits per heavy atom. The van der Waals surface area contributed by atoms with Crippen molar-refractivity contribution < 1.29 is 4.74 Å². The van der Waals surface area contributed by atoms with E-state index in [9.17, 15) is 0 Å². The van der Waals surface area contributed by atoms with E-state index in [4.69, 9.17) is 4.74 Å². The van der Waals surface area contributed by atoms with Crippen LogP contribution in [0.15, 0.2) is 54.6 Å². The molecule has 3 heteroatoms. The molecule has 2 aliphatic heterocycles. The van der Waals surface area contributed by atoms with Gasteiger partial charge in [0.1, 0.15) is 0 Å². The van der Waals surface area contributed by atoms with E-state index in [2.05, 4.69) is 71.3 Å². The SMILES string of the molecule is CCN1CCCC1c1ccc(N2CC[C@@H](OCc3ccccc3)C2)cc1. The van der Waals surface area contributed by atoms with Crippen LogP contribution in [0.4, 0.5) is 5.69 Å². The van der Waals surface area contributed by atoms with Crippen molar-refractivity contribution in [2.75, 3.05) is 31.1 Å². The summed E-state index contributed by atoms with van der Waals surface area (Å²) in [5.74, 6) is 0. The molecule has 2 aromatic rings. The van der Waals surface area contributed by atoms with Crippen molar-refractivity contribution in [2.45, 2.75) is 44.9 Å². The molecule has 0 radical (unpaired) electrons. The minimum absolute atomic E-state index is 0.334. The van der Waals surface area contributed by atoms with Gasteiger partial charge in [-0.2, -0.15) is 0 Å². The molecule has 2 heterocycles. The number of anilines is 1. The monoisotopic (exact) mass is 350 g/mol. The molecule has 0 aromatic heterocycles. The third-order valence-corrected chi connectivity index (χ3v) is 5.89. The zero-order chi connectivity index (χ0) is 17.8. The summed E-state index contributed by atoms with van der Waals surface area (Å²) in [5, 5.41) is 0. The largest absolute Gasteiger partial charge is 0.372 e. The predicted molar refractivity (Wildman–Crippen MR) is 108 cm³/mol. The molecule has 26 heavy (non-hydrogen) atoms. The molecule has 0 spiro atoms. The van der Waals surface area contributed by atoms with Gasteiger partial charge in [-0.25, -0.2) is 0 Å². The van der Waals surface area contributed by atoms with Crippen molar-refractivity contribution in [3.63, 3.8) is 0 Å². The summed E-state index contributed by atoms with van der Waals surface area (Å²) in [7, 11) is 0. The molecule has 2 aliphatic rings. The summed E-state index contributed by atoms with van der Waals surface area (Å²) in [4.78, 5) is 5.06. The quantitative estimate of drug-likeness (QED) is 0.755. The van der Waals surface area contributed by atoms with Crippen molar-refractivity contribution in [3.05, 3.63) is 65.7 Å². The van der Waals surface area contributed by atoms with Gasteiger partial charge in [0.05, 0.1) is 12.7 Å². The number of hydrogen-bond donors (Lipinski definition) is 0. The van der Waals surface area contributed by atoms with Gasteiger partial charge in [0.25, 0.3) is 0 Å². The van der Waals surface area contributed by atoms with Gasteiger partial charge in [0.15, 0.2) is 0 Å². The fraction of sp³-hybridized carbons (Fsp3) is 0.478. The average Bonchev–Trinajstić information content (AvgIpc) is 3.37. The topological polar surface area (TPSA) is 15.7 Å². The van der Waals surface area contributed by atoms with Crippen molar-refractivity contribution in [1.29, 1.82) is 0 Å². The Hall–Kier alpha value is -1.84. The van der Waals surface area contributed by atoms with Gasteiger partial charge in [-0.3, -0.25) is 4.90 Å². The van der Waals surface area contributed by atoms with E-state index < -0.39 is 0 Å². The smallest absolute Gasteiger partial charge is 0.0771 e. The molecule has 2 aromatic carbocycles. The standard InChI is InChI=1S/C23H30N2O/c1-2-24-15-6-9-23(24)20-10-12-21(13-11-20)25-16-14-22(17-25)26-18-19-7-4-3-5-8-19/h3-5,7-8,10-13,22-23H,2,6,9,14-18H2,1H3/t22-,23?/m1/s1. The second-order valence-electron chi connectivity index (χ2n) is 7.53. The van der Waals surface area contributed by atoms with Crippen LogP contribution in [0.5, 0.6) is 0 Å². The number of rotatable bonds is 6. The van der Waals surface area contributed by atoms with Crippen LogP contribution in [-0.4, -0.2) is 37.2 Å². The highest BCUT2D eigenvalue weighted by Gasteiger charge is 2.26. The van der Waals surface area contributed by atoms with Crippen molar-refractivity contribution in [1.82, 2.24) is 4.90 Å². The maximum absolute atomic E-state index is 6.13. The Bertz CT molecular complexity index is 685. The minimum atomic E-state index is 0.334. The maximum Gasteiger partial charge on any atom is 0.0771 e. The number of ether oxygens (including phenoxy) is 1. The molecule has 4 rings (SSSR count). The number of hydrogen-bond acceptors (Lipinski definition) is 3. The summed E-state index contributed by atoms with van der Waals surface area (Å²) < 4.78 is 6.13. The Labute approximate surface area is 157 Å². The van der Waals surface area contributed by atoms with Crippen molar-refractivity contribution >= 4 is 5.69 Å². The zero-order valence-electron chi connectivity index (χ0n) is 15.8. The highest BCUT2D eigenvalue weighted by atomic mass is 16.5. The lowest BCUT2D eigenvalue weighted by molar-refractivity contribution is 0.0553. The highest BCUT2D eigenvalue weighted by molar-refractivity contribution is 5.49. The van der Waals surface area contributed by atoms with Crippen LogP contribution in [0, 0.1) is 0 Å². The minimum Gasteiger partial charge on any atom is -0.372 e. The molecule has 2 saturated heterocycles. The molecule has 0 bridgehead atoms. The van der Waals surface area contributed by atoms with Crippen LogP contribution in [-0.2, 0) is 11.3 Å². The van der Waals surface area contributed by atoms with Crippen LogP contribution in [0.25, 0.3) is 0 Å². The van der Waals surface area contributed by atoms with Crippen molar-refractivity contribution in [2.24, 2.45) is 0 Å². The normalized spacial score (nSPS) is 23.7. The molecule has 0 N–H and O–H groups in total. The van der Waals surface area contributed by atoms with E-state index in [-0.39, 0.29) is 0 Å². The highest BCUT2D eigenvalue weighted by Crippen LogP contribution is 2.33. The summed E-state index contributed by atoms with van der Waals surface area (Å²) in [6.45, 7) is 7.47. The molecular formula is C23H30N2O. The lowest BCUT2D eigenvalue weighted by atomic mass is 10.0. The van der Waals surface area contributed by atoms with Crippen LogP contribution < -0.4 is 4.90 Å². The summed E-state index contributed by atoms with van der Waals surface area (Å²) in [6, 6.07) is 20.4. The average molecular weight is 351 g/mol. The fourth-order valence-electron chi connectivity index (χ4n) is 4.38. The maximum atomic E-state index is 6.13. The first kappa shape index (κ1) is 17.6. The molecule has 0 aliphatic carbocycles. The van der Waals surface area contributed by atoms with Gasteiger partial charge < -0.3 is 9.64 Å². The molecule has 3 nitrogen and oxygen atoms in total. The van der Waals surface area contributed by atoms with Gasteiger partial charge >= 0.3 is 0 Å². The van der Waals surface area contributed by atoms with E-state index in [0.717, 1.165) is 26.1 Å². The van der Waals surface area contributed by atoms with Crippen LogP contribution >= 0.6 is 0 Å². The van der Waals surface area contributed by atoms with Crippen LogP contribution in [0.2, 0.25) is 0 Å². The first-order valence-corrected chi connectivity index (χ1v) is 10.1. The van der Waals surface area contributed by atoms with E-state index >= 15 is 0 Å². The number of benzene rings is 2. The van der Waals surface area contributed by atoms with Gasteiger partial charge in [-0.05, 0) is 55.6 Å². The zero-order valence-corrected chi connectivity index (χ0v) is 15.8. The number of likely N-dealkylation sites (tertiary alicyclic amines) is 1. The Kier molecular flexibility index (Phi) is 5.57. The van der Waals surface area contributed by atoms with E-state index in [1.165, 1.54) is 36.2 Å². The lowest BCUT2D eigenvalue weighted by Gasteiger charge is -2.24. The third-order valence-electron chi connectivity index (χ3n) is 5.89. The fourth-order valence-corrected chi connectivity index (χ4v) is 4.38. The Morgan fingerprint density at radius 3 is 2.54 bits per heavy atom. The molecule has 2 fully saturated rings. The molecule has 1 unspecified atom stereocenters. The van der Waals surface area contributed by atoms with E-state index in [1.807, 2.05) is 0 Å². The second-order valence-corrected chi connectivity index (χ2v) is 7.53. The van der Waals surface area contributed by atoms with Gasteiger partial charge in [0.2, 0.25) is 0 Å². The van der Waals surface area contributed by atoms with Gasteiger partial charge in [0, 0.05) is 24.8 Å². The predicted octanol–water partition coefficient (Wildman–Crippen LogP) is 4.64. The van der Waals surface area contributed by atoms with Crippen molar-refractivity contribution in [3.8, 4) is 0 Å². The third kappa shape index (κ3) is 3.94. The second kappa shape index (κ2) is 8.24.